The van der Waals surface area contributed by atoms with Gasteiger partial charge in [0, 0.05) is 19.2 Å². The number of hydrogen-bond donors (Lipinski definition) is 8. The lowest BCUT2D eigenvalue weighted by Crippen LogP contribution is -2.76. The number of ether oxygens (including phenoxy) is 2. The Bertz CT molecular complexity index is 1040. The topological polar surface area (TPSA) is 251 Å². The minimum Gasteiger partial charge on any atom is -0.474 e. The number of nitrogens with zero attached hydrogens (tertiary/aromatic N) is 3. The number of guanidine groups is 2. The number of carbonyl (C=O) groups excluding carboxylic acids is 2. The van der Waals surface area contributed by atoms with Crippen LogP contribution in [0.4, 0.5) is 0 Å². The zero-order valence-corrected chi connectivity index (χ0v) is 21.2. The molecule has 3 aliphatic rings. The fraction of sp³-hybridized carbons (Fsp3) is 0.636. The fourth-order valence-corrected chi connectivity index (χ4v) is 4.58. The quantitative estimate of drug-likeness (QED) is 0.0642. The molecular weight excluding hydrogens is 484 g/mol. The van der Waals surface area contributed by atoms with Crippen molar-refractivity contribution in [1.29, 1.82) is 10.8 Å². The molecular formula is C22H36N10O5. The van der Waals surface area contributed by atoms with E-state index in [1.807, 2.05) is 0 Å². The van der Waals surface area contributed by atoms with Crippen LogP contribution in [0.3, 0.4) is 0 Å². The number of aliphatic imine (C=N–C) groups is 2. The van der Waals surface area contributed by atoms with Gasteiger partial charge >= 0.3 is 5.97 Å². The molecule has 1 spiro atoms. The number of esters is 1. The smallest absolute Gasteiger partial charge is 0.323 e. The zero-order chi connectivity index (χ0) is 27.5. The first-order valence-electron chi connectivity index (χ1n) is 11.9. The summed E-state index contributed by atoms with van der Waals surface area (Å²) in [6, 6.07) is -1.99. The first-order valence-corrected chi connectivity index (χ1v) is 11.9. The molecule has 0 aliphatic carbocycles. The Balaban J connectivity index is 1.49. The summed E-state index contributed by atoms with van der Waals surface area (Å²) in [6.45, 7) is 5.55. The summed E-state index contributed by atoms with van der Waals surface area (Å²) in [7, 11) is 0. The van der Waals surface area contributed by atoms with Gasteiger partial charge in [-0.25, -0.2) is 9.98 Å². The number of aliphatic hydroxyl groups is 1. The van der Waals surface area contributed by atoms with Gasteiger partial charge in [0.15, 0.2) is 17.6 Å². The molecule has 0 aromatic rings. The van der Waals surface area contributed by atoms with Crippen LogP contribution < -0.4 is 27.8 Å². The van der Waals surface area contributed by atoms with Gasteiger partial charge in [-0.3, -0.25) is 20.4 Å². The summed E-state index contributed by atoms with van der Waals surface area (Å²) in [6.07, 6.45) is 2.66. The molecule has 0 saturated carbocycles. The van der Waals surface area contributed by atoms with E-state index < -0.39 is 47.0 Å². The van der Waals surface area contributed by atoms with Crippen molar-refractivity contribution in [3.05, 3.63) is 12.2 Å². The standard InChI is InChI=1S/C22H36N10O5/c1-11(2)15(25)18(34)37-9-8-36-14(24)5-4-12(23)17(33)28-10-13-16-22(31-19(26)30-16)21(3,35)6-7-32(22)20(27)29-13/h4-5,11,13,15-16,23-24,35H,6-10,25H2,1-3H3,(H2,27,29)(H,28,33)(H3,26,30,31)/b5-4-,23-12?,24-14?/t13-,15?,16?,21-,22?/m0/s1. The van der Waals surface area contributed by atoms with Gasteiger partial charge < -0.3 is 47.3 Å². The van der Waals surface area contributed by atoms with Crippen LogP contribution >= 0.6 is 0 Å². The van der Waals surface area contributed by atoms with E-state index in [2.05, 4.69) is 20.6 Å². The van der Waals surface area contributed by atoms with Gasteiger partial charge in [-0.2, -0.15) is 0 Å². The van der Waals surface area contributed by atoms with Crippen LogP contribution in [0.15, 0.2) is 22.1 Å². The number of carbonyl (C=O) groups is 2. The SMILES string of the molecule is CC(C)C(N)C(=O)OCCOC(=N)/C=C\C(=N)C(=O)NC[C@@H]1N=C(N)N2CC[C@](C)(O)C23NC(N)=NC13. The Morgan fingerprint density at radius 1 is 1.27 bits per heavy atom. The molecule has 3 rings (SSSR count). The molecule has 11 N–H and O–H groups in total. The Morgan fingerprint density at radius 2 is 1.95 bits per heavy atom. The van der Waals surface area contributed by atoms with Gasteiger partial charge in [-0.1, -0.05) is 13.8 Å². The largest absolute Gasteiger partial charge is 0.474 e. The third-order valence-corrected chi connectivity index (χ3v) is 6.73. The third kappa shape index (κ3) is 5.51. The Hall–Kier alpha value is -3.72. The summed E-state index contributed by atoms with van der Waals surface area (Å²) in [4.78, 5) is 34.8. The highest BCUT2D eigenvalue weighted by Gasteiger charge is 2.67. The molecule has 0 aromatic carbocycles. The number of amides is 1. The number of rotatable bonds is 10. The van der Waals surface area contributed by atoms with Crippen molar-refractivity contribution >= 4 is 35.4 Å². The lowest BCUT2D eigenvalue weighted by molar-refractivity contribution is -0.147. The van der Waals surface area contributed by atoms with Crippen molar-refractivity contribution in [1.82, 2.24) is 15.5 Å². The van der Waals surface area contributed by atoms with Crippen molar-refractivity contribution in [2.45, 2.75) is 56.6 Å². The molecule has 37 heavy (non-hydrogen) atoms. The fourth-order valence-electron chi connectivity index (χ4n) is 4.58. The lowest BCUT2D eigenvalue weighted by atomic mass is 9.80. The van der Waals surface area contributed by atoms with E-state index in [0.29, 0.717) is 13.0 Å². The molecule has 1 saturated heterocycles. The van der Waals surface area contributed by atoms with E-state index in [9.17, 15) is 14.7 Å². The van der Waals surface area contributed by atoms with Gasteiger partial charge in [-0.05, 0) is 25.3 Å². The van der Waals surface area contributed by atoms with Crippen LogP contribution in [0.1, 0.15) is 27.2 Å². The first kappa shape index (κ1) is 27.9. The van der Waals surface area contributed by atoms with Crippen LogP contribution in [0.2, 0.25) is 0 Å². The molecule has 3 aliphatic heterocycles. The summed E-state index contributed by atoms with van der Waals surface area (Å²) in [5.74, 6) is -1.32. The number of nitrogens with two attached hydrogens (primary N) is 3. The predicted molar refractivity (Wildman–Crippen MR) is 136 cm³/mol. The molecule has 1 fully saturated rings. The van der Waals surface area contributed by atoms with E-state index >= 15 is 0 Å². The number of hydrogen-bond acceptors (Lipinski definition) is 14. The van der Waals surface area contributed by atoms with Crippen LogP contribution in [-0.4, -0.2) is 101 Å². The Labute approximate surface area is 214 Å². The van der Waals surface area contributed by atoms with E-state index in [4.69, 9.17) is 37.5 Å². The Morgan fingerprint density at radius 3 is 2.62 bits per heavy atom. The summed E-state index contributed by atoms with van der Waals surface area (Å²) in [5.41, 5.74) is 15.1. The summed E-state index contributed by atoms with van der Waals surface area (Å²) < 4.78 is 10.1. The molecule has 15 heteroatoms. The molecule has 0 bridgehead atoms. The van der Waals surface area contributed by atoms with E-state index in [1.165, 1.54) is 0 Å². The second-order valence-corrected chi connectivity index (χ2v) is 9.69. The van der Waals surface area contributed by atoms with E-state index in [-0.39, 0.29) is 43.5 Å². The van der Waals surface area contributed by atoms with Crippen molar-refractivity contribution in [3.8, 4) is 0 Å². The van der Waals surface area contributed by atoms with Crippen molar-refractivity contribution in [2.24, 2.45) is 33.1 Å². The van der Waals surface area contributed by atoms with Crippen molar-refractivity contribution < 1.29 is 24.2 Å². The Kier molecular flexibility index (Phi) is 8.07. The van der Waals surface area contributed by atoms with Crippen LogP contribution in [0, 0.1) is 16.7 Å². The minimum absolute atomic E-state index is 0.0115. The number of nitrogens with one attached hydrogen (secondary N) is 4. The van der Waals surface area contributed by atoms with Gasteiger partial charge in [0.1, 0.15) is 36.6 Å². The van der Waals surface area contributed by atoms with Crippen LogP contribution in [-0.2, 0) is 19.1 Å². The molecule has 0 radical (unpaired) electrons. The molecule has 3 heterocycles. The van der Waals surface area contributed by atoms with Gasteiger partial charge in [0.25, 0.3) is 5.91 Å². The summed E-state index contributed by atoms with van der Waals surface area (Å²) >= 11 is 0. The zero-order valence-electron chi connectivity index (χ0n) is 21.2. The molecule has 204 valence electrons. The van der Waals surface area contributed by atoms with Gasteiger partial charge in [-0.15, -0.1) is 0 Å². The monoisotopic (exact) mass is 520 g/mol. The van der Waals surface area contributed by atoms with Crippen molar-refractivity contribution in [3.63, 3.8) is 0 Å². The molecule has 15 nitrogen and oxygen atoms in total. The second kappa shape index (κ2) is 10.7. The minimum atomic E-state index is -1.21. The normalized spacial score (nSPS) is 29.1. The van der Waals surface area contributed by atoms with Gasteiger partial charge in [0.05, 0.1) is 6.04 Å². The lowest BCUT2D eigenvalue weighted by Gasteiger charge is -2.50. The highest BCUT2D eigenvalue weighted by Crippen LogP contribution is 2.45. The maximum absolute atomic E-state index is 12.5. The predicted octanol–water partition coefficient (Wildman–Crippen LogP) is -2.66. The maximum Gasteiger partial charge on any atom is 0.323 e. The van der Waals surface area contributed by atoms with Crippen molar-refractivity contribution in [2.75, 3.05) is 26.3 Å². The maximum atomic E-state index is 12.5. The highest BCUT2D eigenvalue weighted by molar-refractivity contribution is 6.42. The highest BCUT2D eigenvalue weighted by atomic mass is 16.6. The third-order valence-electron chi connectivity index (χ3n) is 6.73. The molecule has 1 amide bonds. The molecule has 0 aromatic heterocycles. The summed E-state index contributed by atoms with van der Waals surface area (Å²) in [5, 5.41) is 32.5. The van der Waals surface area contributed by atoms with E-state index in [0.717, 1.165) is 12.2 Å². The second-order valence-electron chi connectivity index (χ2n) is 9.69. The first-order chi connectivity index (χ1) is 17.3. The van der Waals surface area contributed by atoms with E-state index in [1.54, 1.807) is 25.7 Å². The molecule has 5 atom stereocenters. The van der Waals surface area contributed by atoms with Crippen LogP contribution in [0.25, 0.3) is 0 Å². The molecule has 3 unspecified atom stereocenters. The van der Waals surface area contributed by atoms with Gasteiger partial charge in [0.2, 0.25) is 5.90 Å². The average molecular weight is 521 g/mol. The average Bonchev–Trinajstić information content (AvgIpc) is 3.33. The van der Waals surface area contributed by atoms with Crippen LogP contribution in [0.5, 0.6) is 0 Å².